The first-order chi connectivity index (χ1) is 15.9. The Kier molecular flexibility index (Phi) is 5.78. The number of benzene rings is 1. The minimum Gasteiger partial charge on any atom is -0.497 e. The molecule has 2 fully saturated rings. The highest BCUT2D eigenvalue weighted by atomic mass is 32.2. The molecule has 0 N–H and O–H groups in total. The molecule has 0 aliphatic carbocycles. The van der Waals surface area contributed by atoms with Gasteiger partial charge in [-0.15, -0.1) is 0 Å². The standard InChI is InChI=1S/C24H29N3O5S/c1-32-20-5-7-21(8-6-20)33(30,31)26-11-9-18(10-12-26)24(29)25-14-17-13-19(16-25)22-3-2-4-23(28)27(22)15-17/h2-8,17-19H,9-16H2,1H3/t17-,19?/m0/s1. The van der Waals surface area contributed by atoms with Crippen LogP contribution in [0.15, 0.2) is 52.2 Å². The summed E-state index contributed by atoms with van der Waals surface area (Å²) in [7, 11) is -2.05. The van der Waals surface area contributed by atoms with Crippen molar-refractivity contribution in [2.24, 2.45) is 11.8 Å². The Labute approximate surface area is 193 Å². The highest BCUT2D eigenvalue weighted by Gasteiger charge is 2.39. The van der Waals surface area contributed by atoms with Gasteiger partial charge in [-0.05, 0) is 55.5 Å². The smallest absolute Gasteiger partial charge is 0.250 e. The van der Waals surface area contributed by atoms with E-state index in [9.17, 15) is 18.0 Å². The maximum absolute atomic E-state index is 13.3. The van der Waals surface area contributed by atoms with Crippen molar-refractivity contribution in [3.05, 3.63) is 58.5 Å². The van der Waals surface area contributed by atoms with Crippen LogP contribution in [-0.2, 0) is 21.4 Å². The predicted molar refractivity (Wildman–Crippen MR) is 123 cm³/mol. The fourth-order valence-corrected chi connectivity index (χ4v) is 7.04. The molecule has 0 spiro atoms. The van der Waals surface area contributed by atoms with Gasteiger partial charge in [0, 0.05) is 56.3 Å². The summed E-state index contributed by atoms with van der Waals surface area (Å²) in [4.78, 5) is 27.8. The molecule has 33 heavy (non-hydrogen) atoms. The molecule has 9 heteroatoms. The molecule has 0 saturated carbocycles. The number of hydrogen-bond donors (Lipinski definition) is 0. The molecular weight excluding hydrogens is 442 g/mol. The summed E-state index contributed by atoms with van der Waals surface area (Å²) in [5.74, 6) is 1.04. The van der Waals surface area contributed by atoms with Crippen LogP contribution in [0.3, 0.4) is 0 Å². The average molecular weight is 472 g/mol. The van der Waals surface area contributed by atoms with E-state index >= 15 is 0 Å². The Hall–Kier alpha value is -2.65. The van der Waals surface area contributed by atoms with Crippen molar-refractivity contribution in [3.63, 3.8) is 0 Å². The number of carbonyl (C=O) groups is 1. The highest BCUT2D eigenvalue weighted by Crippen LogP contribution is 2.36. The zero-order valence-corrected chi connectivity index (χ0v) is 19.5. The van der Waals surface area contributed by atoms with Gasteiger partial charge in [0.2, 0.25) is 15.9 Å². The van der Waals surface area contributed by atoms with Gasteiger partial charge in [-0.2, -0.15) is 4.31 Å². The second-order valence-electron chi connectivity index (χ2n) is 9.30. The minimum absolute atomic E-state index is 0.0346. The molecule has 176 valence electrons. The maximum Gasteiger partial charge on any atom is 0.250 e. The third-order valence-corrected chi connectivity index (χ3v) is 9.20. The monoisotopic (exact) mass is 471 g/mol. The molecule has 5 rings (SSSR count). The summed E-state index contributed by atoms with van der Waals surface area (Å²) in [6.07, 6.45) is 2.05. The molecule has 0 radical (unpaired) electrons. The normalized spacial score (nSPS) is 23.7. The molecule has 1 amide bonds. The van der Waals surface area contributed by atoms with E-state index in [-0.39, 0.29) is 34.1 Å². The third-order valence-electron chi connectivity index (χ3n) is 7.29. The van der Waals surface area contributed by atoms with E-state index in [1.165, 1.54) is 4.31 Å². The number of fused-ring (bicyclic) bond motifs is 4. The number of methoxy groups -OCH3 is 1. The van der Waals surface area contributed by atoms with E-state index in [2.05, 4.69) is 0 Å². The van der Waals surface area contributed by atoms with E-state index in [0.717, 1.165) is 12.1 Å². The number of ether oxygens (including phenoxy) is 1. The molecule has 2 bridgehead atoms. The van der Waals surface area contributed by atoms with Crippen molar-refractivity contribution in [1.82, 2.24) is 13.8 Å². The van der Waals surface area contributed by atoms with Crippen LogP contribution in [0.5, 0.6) is 5.75 Å². The minimum atomic E-state index is -3.59. The number of hydrogen-bond acceptors (Lipinski definition) is 5. The van der Waals surface area contributed by atoms with Gasteiger partial charge in [-0.1, -0.05) is 6.07 Å². The second-order valence-corrected chi connectivity index (χ2v) is 11.2. The Morgan fingerprint density at radius 2 is 1.73 bits per heavy atom. The van der Waals surface area contributed by atoms with Crippen molar-refractivity contribution in [1.29, 1.82) is 0 Å². The fourth-order valence-electron chi connectivity index (χ4n) is 5.57. The number of likely N-dealkylation sites (tertiary alicyclic amines) is 1. The van der Waals surface area contributed by atoms with Crippen LogP contribution in [0.25, 0.3) is 0 Å². The first-order valence-electron chi connectivity index (χ1n) is 11.5. The van der Waals surface area contributed by atoms with Gasteiger partial charge in [0.1, 0.15) is 5.75 Å². The van der Waals surface area contributed by atoms with Crippen molar-refractivity contribution in [3.8, 4) is 5.75 Å². The van der Waals surface area contributed by atoms with E-state index in [0.29, 0.717) is 51.3 Å². The number of carbonyl (C=O) groups excluding carboxylic acids is 1. The van der Waals surface area contributed by atoms with Gasteiger partial charge in [-0.25, -0.2) is 8.42 Å². The van der Waals surface area contributed by atoms with E-state index in [4.69, 9.17) is 4.74 Å². The number of nitrogens with zero attached hydrogens (tertiary/aromatic N) is 3. The zero-order chi connectivity index (χ0) is 23.2. The first kappa shape index (κ1) is 22.2. The van der Waals surface area contributed by atoms with Crippen molar-refractivity contribution < 1.29 is 17.9 Å². The molecule has 8 nitrogen and oxygen atoms in total. The third kappa shape index (κ3) is 4.08. The Morgan fingerprint density at radius 3 is 2.42 bits per heavy atom. The summed E-state index contributed by atoms with van der Waals surface area (Å²) in [6.45, 7) is 2.63. The number of aromatic nitrogens is 1. The molecule has 4 heterocycles. The summed E-state index contributed by atoms with van der Waals surface area (Å²) >= 11 is 0. The molecule has 1 aromatic carbocycles. The number of pyridine rings is 1. The van der Waals surface area contributed by atoms with Crippen molar-refractivity contribution in [2.75, 3.05) is 33.3 Å². The van der Waals surface area contributed by atoms with E-state index in [1.54, 1.807) is 43.5 Å². The van der Waals surface area contributed by atoms with Crippen LogP contribution >= 0.6 is 0 Å². The van der Waals surface area contributed by atoms with Gasteiger partial charge in [0.15, 0.2) is 0 Å². The molecule has 2 atom stereocenters. The molecule has 1 unspecified atom stereocenters. The van der Waals surface area contributed by atoms with Crippen LogP contribution < -0.4 is 10.3 Å². The maximum atomic E-state index is 13.3. The Bertz CT molecular complexity index is 1200. The van der Waals surface area contributed by atoms with Gasteiger partial charge < -0.3 is 14.2 Å². The van der Waals surface area contributed by atoms with Crippen LogP contribution in [0.4, 0.5) is 0 Å². The number of piperidine rings is 2. The van der Waals surface area contributed by atoms with Crippen LogP contribution in [0.1, 0.15) is 30.9 Å². The fraction of sp³-hybridized carbons (Fsp3) is 0.500. The topological polar surface area (TPSA) is 88.9 Å². The summed E-state index contributed by atoms with van der Waals surface area (Å²) in [6, 6.07) is 11.8. The summed E-state index contributed by atoms with van der Waals surface area (Å²) in [5, 5.41) is 0. The molecule has 2 aromatic rings. The van der Waals surface area contributed by atoms with E-state index in [1.807, 2.05) is 15.5 Å². The average Bonchev–Trinajstić information content (AvgIpc) is 2.84. The number of amides is 1. The molecule has 3 aliphatic rings. The number of sulfonamides is 1. The van der Waals surface area contributed by atoms with E-state index < -0.39 is 10.0 Å². The SMILES string of the molecule is COc1ccc(S(=O)(=O)N2CCC(C(=O)N3CC4C[C@@H](C3)Cn3c4cccc3=O)CC2)cc1. The lowest BCUT2D eigenvalue weighted by Gasteiger charge is -2.44. The summed E-state index contributed by atoms with van der Waals surface area (Å²) < 4.78 is 34.5. The molecule has 2 saturated heterocycles. The van der Waals surface area contributed by atoms with Crippen molar-refractivity contribution in [2.45, 2.75) is 36.6 Å². The predicted octanol–water partition coefficient (Wildman–Crippen LogP) is 1.90. The quantitative estimate of drug-likeness (QED) is 0.680. The Morgan fingerprint density at radius 1 is 1.00 bits per heavy atom. The zero-order valence-electron chi connectivity index (χ0n) is 18.7. The lowest BCUT2D eigenvalue weighted by molar-refractivity contribution is -0.139. The summed E-state index contributed by atoms with van der Waals surface area (Å²) in [5.41, 5.74) is 1.06. The van der Waals surface area contributed by atoms with Crippen LogP contribution in [0.2, 0.25) is 0 Å². The van der Waals surface area contributed by atoms with Gasteiger partial charge in [0.25, 0.3) is 5.56 Å². The second kappa shape index (κ2) is 8.61. The van der Waals surface area contributed by atoms with Gasteiger partial charge in [0.05, 0.1) is 12.0 Å². The largest absolute Gasteiger partial charge is 0.497 e. The first-order valence-corrected chi connectivity index (χ1v) is 12.9. The highest BCUT2D eigenvalue weighted by molar-refractivity contribution is 7.89. The lowest BCUT2D eigenvalue weighted by atomic mass is 9.82. The van der Waals surface area contributed by atoms with Crippen LogP contribution in [0, 0.1) is 11.8 Å². The van der Waals surface area contributed by atoms with Gasteiger partial charge in [-0.3, -0.25) is 9.59 Å². The molecular formula is C24H29N3O5S. The number of rotatable bonds is 4. The lowest BCUT2D eigenvalue weighted by Crippen LogP contribution is -2.52. The van der Waals surface area contributed by atoms with Crippen LogP contribution in [-0.4, -0.2) is 61.4 Å². The van der Waals surface area contributed by atoms with Gasteiger partial charge >= 0.3 is 0 Å². The van der Waals surface area contributed by atoms with Crippen molar-refractivity contribution >= 4 is 15.9 Å². The molecule has 1 aromatic heterocycles. The Balaban J connectivity index is 1.23. The molecule has 3 aliphatic heterocycles.